The summed E-state index contributed by atoms with van der Waals surface area (Å²) in [5.74, 6) is -1.18. The molecule has 0 saturated carbocycles. The first-order valence-corrected chi connectivity index (χ1v) is 8.11. The molecule has 0 bridgehead atoms. The van der Waals surface area contributed by atoms with E-state index < -0.39 is 18.5 Å². The fourth-order valence-electron chi connectivity index (χ4n) is 1.92. The molecule has 0 unspecified atom stereocenters. The van der Waals surface area contributed by atoms with E-state index in [2.05, 4.69) is 5.32 Å². The van der Waals surface area contributed by atoms with Gasteiger partial charge in [-0.15, -0.1) is 0 Å². The van der Waals surface area contributed by atoms with Gasteiger partial charge in [0.05, 0.1) is 27.7 Å². The molecule has 0 heterocycles. The molecule has 0 spiro atoms. The molecule has 0 aromatic heterocycles. The number of nitrogens with zero attached hydrogens (tertiary/aromatic N) is 1. The molecule has 0 saturated heterocycles. The lowest BCUT2D eigenvalue weighted by Crippen LogP contribution is -2.22. The summed E-state index contributed by atoms with van der Waals surface area (Å²) >= 11 is 17.5. The van der Waals surface area contributed by atoms with E-state index >= 15 is 0 Å². The number of benzene rings is 2. The van der Waals surface area contributed by atoms with Crippen LogP contribution in [0.15, 0.2) is 36.4 Å². The molecular formula is C17H11Cl3N2O3. The molecule has 2 aromatic carbocycles. The predicted octanol–water partition coefficient (Wildman–Crippen LogP) is 4.24. The van der Waals surface area contributed by atoms with E-state index in [0.29, 0.717) is 20.6 Å². The van der Waals surface area contributed by atoms with Crippen molar-refractivity contribution in [3.05, 3.63) is 62.6 Å². The lowest BCUT2D eigenvalue weighted by atomic mass is 10.1. The summed E-state index contributed by atoms with van der Waals surface area (Å²) in [5.41, 5.74) is 1.11. The Morgan fingerprint density at radius 3 is 2.52 bits per heavy atom. The maximum absolute atomic E-state index is 11.9. The second kappa shape index (κ2) is 8.72. The monoisotopic (exact) mass is 396 g/mol. The van der Waals surface area contributed by atoms with Crippen LogP contribution in [0, 0.1) is 11.3 Å². The lowest BCUT2D eigenvalue weighted by molar-refractivity contribution is -0.146. The number of nitriles is 1. The average Bonchev–Trinajstić information content (AvgIpc) is 2.57. The highest BCUT2D eigenvalue weighted by atomic mass is 35.5. The summed E-state index contributed by atoms with van der Waals surface area (Å²) < 4.78 is 4.91. The second-order valence-electron chi connectivity index (χ2n) is 4.94. The maximum atomic E-state index is 11.9. The van der Waals surface area contributed by atoms with Crippen LogP contribution in [0.4, 0.5) is 5.69 Å². The van der Waals surface area contributed by atoms with Gasteiger partial charge in [0.1, 0.15) is 6.07 Å². The first-order chi connectivity index (χ1) is 11.9. The van der Waals surface area contributed by atoms with Gasteiger partial charge in [-0.25, -0.2) is 0 Å². The van der Waals surface area contributed by atoms with Crippen molar-refractivity contribution in [2.75, 3.05) is 11.9 Å². The Bertz CT molecular complexity index is 863. The van der Waals surface area contributed by atoms with E-state index in [-0.39, 0.29) is 17.7 Å². The quantitative estimate of drug-likeness (QED) is 0.765. The maximum Gasteiger partial charge on any atom is 0.310 e. The van der Waals surface area contributed by atoms with Crippen LogP contribution < -0.4 is 5.32 Å². The third-order valence-electron chi connectivity index (χ3n) is 3.07. The van der Waals surface area contributed by atoms with Gasteiger partial charge in [-0.1, -0.05) is 40.9 Å². The molecule has 25 heavy (non-hydrogen) atoms. The number of nitrogens with one attached hydrogen (secondary N) is 1. The summed E-state index contributed by atoms with van der Waals surface area (Å²) in [5, 5.41) is 12.6. The Balaban J connectivity index is 1.89. The van der Waals surface area contributed by atoms with Crippen LogP contribution in [0.1, 0.15) is 11.1 Å². The number of carbonyl (C=O) groups is 2. The molecule has 0 aliphatic carbocycles. The van der Waals surface area contributed by atoms with Gasteiger partial charge in [0.25, 0.3) is 5.91 Å². The minimum atomic E-state index is -0.597. The molecule has 5 nitrogen and oxygen atoms in total. The molecule has 1 N–H and O–H groups in total. The fourth-order valence-corrected chi connectivity index (χ4v) is 2.41. The number of hydrogen-bond donors (Lipinski definition) is 1. The number of amides is 1. The molecule has 0 atom stereocenters. The predicted molar refractivity (Wildman–Crippen MR) is 95.9 cm³/mol. The average molecular weight is 398 g/mol. The SMILES string of the molecule is N#Cc1ccc(Cl)cc1NC(=O)COC(=O)Cc1ccc(Cl)c(Cl)c1. The third kappa shape index (κ3) is 5.64. The van der Waals surface area contributed by atoms with Crippen molar-refractivity contribution in [3.63, 3.8) is 0 Å². The zero-order valence-corrected chi connectivity index (χ0v) is 15.0. The van der Waals surface area contributed by atoms with Gasteiger partial charge in [-0.05, 0) is 35.9 Å². The van der Waals surface area contributed by atoms with Crippen LogP contribution in [-0.2, 0) is 20.7 Å². The smallest absolute Gasteiger partial charge is 0.310 e. The molecule has 0 radical (unpaired) electrons. The van der Waals surface area contributed by atoms with Crippen molar-refractivity contribution in [2.45, 2.75) is 6.42 Å². The highest BCUT2D eigenvalue weighted by Crippen LogP contribution is 2.23. The van der Waals surface area contributed by atoms with Crippen molar-refractivity contribution >= 4 is 52.4 Å². The first-order valence-electron chi connectivity index (χ1n) is 6.98. The summed E-state index contributed by atoms with van der Waals surface area (Å²) in [4.78, 5) is 23.7. The van der Waals surface area contributed by atoms with Crippen LogP contribution in [0.25, 0.3) is 0 Å². The summed E-state index contributed by atoms with van der Waals surface area (Å²) in [7, 11) is 0. The number of carbonyl (C=O) groups excluding carboxylic acids is 2. The Hall–Kier alpha value is -2.26. The number of esters is 1. The van der Waals surface area contributed by atoms with Gasteiger partial charge < -0.3 is 10.1 Å². The molecule has 2 rings (SSSR count). The number of hydrogen-bond acceptors (Lipinski definition) is 4. The van der Waals surface area contributed by atoms with Crippen LogP contribution in [0.3, 0.4) is 0 Å². The van der Waals surface area contributed by atoms with E-state index in [4.69, 9.17) is 44.8 Å². The van der Waals surface area contributed by atoms with E-state index in [9.17, 15) is 9.59 Å². The molecule has 128 valence electrons. The summed E-state index contributed by atoms with van der Waals surface area (Å²) in [6, 6.07) is 11.1. The zero-order chi connectivity index (χ0) is 18.4. The van der Waals surface area contributed by atoms with E-state index in [1.807, 2.05) is 6.07 Å². The molecular weight excluding hydrogens is 387 g/mol. The first kappa shape index (κ1) is 19.1. The lowest BCUT2D eigenvalue weighted by Gasteiger charge is -2.08. The molecule has 1 amide bonds. The Morgan fingerprint density at radius 2 is 1.84 bits per heavy atom. The Labute approximate surface area is 159 Å². The van der Waals surface area contributed by atoms with E-state index in [1.54, 1.807) is 18.2 Å². The van der Waals surface area contributed by atoms with E-state index in [0.717, 1.165) is 0 Å². The Kier molecular flexibility index (Phi) is 6.65. The molecule has 0 fully saturated rings. The van der Waals surface area contributed by atoms with Gasteiger partial charge in [0.15, 0.2) is 6.61 Å². The van der Waals surface area contributed by atoms with Crippen LogP contribution >= 0.6 is 34.8 Å². The minimum Gasteiger partial charge on any atom is -0.455 e. The van der Waals surface area contributed by atoms with Crippen molar-refractivity contribution in [2.24, 2.45) is 0 Å². The van der Waals surface area contributed by atoms with Crippen LogP contribution in [0.2, 0.25) is 15.1 Å². The minimum absolute atomic E-state index is 0.0508. The molecule has 2 aromatic rings. The second-order valence-corrected chi connectivity index (χ2v) is 6.19. The number of halogens is 3. The summed E-state index contributed by atoms with van der Waals surface area (Å²) in [6.07, 6.45) is -0.0508. The molecule has 0 aliphatic rings. The van der Waals surface area contributed by atoms with Crippen LogP contribution in [-0.4, -0.2) is 18.5 Å². The van der Waals surface area contributed by atoms with Crippen LogP contribution in [0.5, 0.6) is 0 Å². The summed E-state index contributed by atoms with van der Waals surface area (Å²) in [6.45, 7) is -0.489. The molecule has 8 heteroatoms. The number of ether oxygens (including phenoxy) is 1. The third-order valence-corrected chi connectivity index (χ3v) is 4.05. The van der Waals surface area contributed by atoms with Gasteiger partial charge in [0.2, 0.25) is 0 Å². The normalized spacial score (nSPS) is 10.0. The number of rotatable bonds is 5. The van der Waals surface area contributed by atoms with Crippen molar-refractivity contribution in [1.82, 2.24) is 0 Å². The van der Waals surface area contributed by atoms with Gasteiger partial charge in [0, 0.05) is 5.02 Å². The van der Waals surface area contributed by atoms with Gasteiger partial charge in [-0.3, -0.25) is 9.59 Å². The fraction of sp³-hybridized carbons (Fsp3) is 0.118. The van der Waals surface area contributed by atoms with Crippen molar-refractivity contribution < 1.29 is 14.3 Å². The Morgan fingerprint density at radius 1 is 1.08 bits per heavy atom. The van der Waals surface area contributed by atoms with Crippen molar-refractivity contribution in [1.29, 1.82) is 5.26 Å². The largest absolute Gasteiger partial charge is 0.455 e. The number of anilines is 1. The topological polar surface area (TPSA) is 79.2 Å². The standard InChI is InChI=1S/C17H11Cl3N2O3/c18-12-3-2-11(8-21)15(7-12)22-16(23)9-25-17(24)6-10-1-4-13(19)14(20)5-10/h1-5,7H,6,9H2,(H,22,23). The molecule has 0 aliphatic heterocycles. The van der Waals surface area contributed by atoms with E-state index in [1.165, 1.54) is 18.2 Å². The van der Waals surface area contributed by atoms with Crippen molar-refractivity contribution in [3.8, 4) is 6.07 Å². The zero-order valence-electron chi connectivity index (χ0n) is 12.7. The van der Waals surface area contributed by atoms with Gasteiger partial charge >= 0.3 is 5.97 Å². The highest BCUT2D eigenvalue weighted by molar-refractivity contribution is 6.42. The highest BCUT2D eigenvalue weighted by Gasteiger charge is 2.12. The van der Waals surface area contributed by atoms with Gasteiger partial charge in [-0.2, -0.15) is 5.26 Å².